The number of anilines is 1. The lowest BCUT2D eigenvalue weighted by Gasteiger charge is -2.27. The maximum Gasteiger partial charge on any atom is 0.460 e. The van der Waals surface area contributed by atoms with Crippen molar-refractivity contribution in [2.45, 2.75) is 24.9 Å². The first kappa shape index (κ1) is 27.7. The minimum absolute atomic E-state index is 0.0714. The van der Waals surface area contributed by atoms with Crippen LogP contribution in [0, 0.1) is 0 Å². The van der Waals surface area contributed by atoms with E-state index < -0.39 is 35.5 Å². The molecule has 0 fully saturated rings. The van der Waals surface area contributed by atoms with Crippen molar-refractivity contribution in [1.82, 2.24) is 5.43 Å². The van der Waals surface area contributed by atoms with E-state index in [2.05, 4.69) is 10.5 Å². The molecule has 192 valence electrons. The summed E-state index contributed by atoms with van der Waals surface area (Å²) >= 11 is 13.4. The van der Waals surface area contributed by atoms with Crippen molar-refractivity contribution in [2.75, 3.05) is 5.32 Å². The van der Waals surface area contributed by atoms with Crippen LogP contribution in [0.3, 0.4) is 0 Å². The maximum absolute atomic E-state index is 13.6. The van der Waals surface area contributed by atoms with Crippen molar-refractivity contribution in [3.63, 3.8) is 0 Å². The van der Waals surface area contributed by atoms with Crippen LogP contribution in [0.1, 0.15) is 22.2 Å². The second-order valence-electron chi connectivity index (χ2n) is 7.18. The van der Waals surface area contributed by atoms with Gasteiger partial charge in [0, 0.05) is 15.8 Å². The fourth-order valence-electron chi connectivity index (χ4n) is 2.82. The van der Waals surface area contributed by atoms with Gasteiger partial charge in [-0.3, -0.25) is 9.59 Å². The molecule has 1 heterocycles. The predicted molar refractivity (Wildman–Crippen MR) is 123 cm³/mol. The average Bonchev–Trinajstić information content (AvgIpc) is 3.14. The summed E-state index contributed by atoms with van der Waals surface area (Å²) < 4.78 is 90.9. The highest BCUT2D eigenvalue weighted by Gasteiger charge is 2.76. The molecule has 0 aliphatic rings. The lowest BCUT2D eigenvalue weighted by molar-refractivity contribution is -0.343. The number of nitrogens with zero attached hydrogens (tertiary/aromatic N) is 1. The second-order valence-corrected chi connectivity index (χ2v) is 9.02. The molecule has 2 amide bonds. The Balaban J connectivity index is 1.77. The lowest BCUT2D eigenvalue weighted by Crippen LogP contribution is -2.57. The number of thiophene rings is 1. The molecule has 2 N–H and O–H groups in total. The van der Waals surface area contributed by atoms with Crippen LogP contribution in [0.25, 0.3) is 10.1 Å². The monoisotopic (exact) mass is 573 g/mol. The van der Waals surface area contributed by atoms with E-state index in [0.717, 1.165) is 23.5 Å². The Labute approximate surface area is 211 Å². The number of halogens is 9. The molecule has 3 aromatic rings. The van der Waals surface area contributed by atoms with Crippen LogP contribution >= 0.6 is 34.5 Å². The van der Waals surface area contributed by atoms with Gasteiger partial charge in [-0.15, -0.1) is 11.3 Å². The lowest BCUT2D eigenvalue weighted by atomic mass is 10.1. The molecule has 5 nitrogen and oxygen atoms in total. The summed E-state index contributed by atoms with van der Waals surface area (Å²) in [5.41, 5.74) is 1.91. The van der Waals surface area contributed by atoms with Gasteiger partial charge < -0.3 is 5.32 Å². The number of rotatable bonds is 6. The van der Waals surface area contributed by atoms with Crippen molar-refractivity contribution in [3.8, 4) is 0 Å². The summed E-state index contributed by atoms with van der Waals surface area (Å²) in [5, 5.41) is 6.10. The van der Waals surface area contributed by atoms with Gasteiger partial charge in [-0.25, -0.2) is 5.43 Å². The Hall–Kier alpha value is -2.90. The van der Waals surface area contributed by atoms with Gasteiger partial charge in [0.15, 0.2) is 0 Å². The zero-order valence-electron chi connectivity index (χ0n) is 17.6. The van der Waals surface area contributed by atoms with Crippen LogP contribution in [0.5, 0.6) is 0 Å². The van der Waals surface area contributed by atoms with Crippen molar-refractivity contribution < 1.29 is 40.3 Å². The molecule has 0 radical (unpaired) electrons. The van der Waals surface area contributed by atoms with Crippen molar-refractivity contribution in [1.29, 1.82) is 0 Å². The molecule has 0 aliphatic heterocycles. The summed E-state index contributed by atoms with van der Waals surface area (Å²) in [6.07, 6.45) is -6.65. The van der Waals surface area contributed by atoms with E-state index in [1.54, 1.807) is 18.2 Å². The highest BCUT2D eigenvalue weighted by Crippen LogP contribution is 2.47. The first-order valence-corrected chi connectivity index (χ1v) is 11.1. The van der Waals surface area contributed by atoms with E-state index in [9.17, 15) is 40.3 Å². The maximum atomic E-state index is 13.6. The van der Waals surface area contributed by atoms with Crippen LogP contribution in [0.15, 0.2) is 47.6 Å². The summed E-state index contributed by atoms with van der Waals surface area (Å²) in [6, 6.07) is 9.49. The van der Waals surface area contributed by atoms with E-state index in [0.29, 0.717) is 15.1 Å². The van der Waals surface area contributed by atoms with Crippen LogP contribution in [-0.2, 0) is 4.79 Å². The Morgan fingerprint density at radius 1 is 0.972 bits per heavy atom. The molecular formula is C21H12Cl2F7N3O2S. The fourth-order valence-corrected chi connectivity index (χ4v) is 4.66. The van der Waals surface area contributed by atoms with Crippen molar-refractivity contribution in [3.05, 3.63) is 63.0 Å². The van der Waals surface area contributed by atoms with Gasteiger partial charge in [0.25, 0.3) is 5.91 Å². The number of carbonyl (C=O) groups is 2. The standard InChI is InChI=1S/C21H12Cl2F7N3O2S/c1-9(32-33-17(34)16-15(23)14-12(22)6-3-7-13(14)36-16)10-4-2-5-11(8-10)31-18(35)19(24,25)20(26,27)21(28,29)30/h2-8H,1H3,(H,31,35)(H,33,34)/b32-9-. The molecule has 0 bridgehead atoms. The van der Waals surface area contributed by atoms with E-state index in [4.69, 9.17) is 23.2 Å². The van der Waals surface area contributed by atoms with Gasteiger partial charge in [0.2, 0.25) is 0 Å². The summed E-state index contributed by atoms with van der Waals surface area (Å²) in [7, 11) is 0. The van der Waals surface area contributed by atoms with E-state index >= 15 is 0 Å². The molecular weight excluding hydrogens is 562 g/mol. The van der Waals surface area contributed by atoms with Crippen molar-refractivity contribution in [2.24, 2.45) is 5.10 Å². The highest BCUT2D eigenvalue weighted by molar-refractivity contribution is 7.21. The minimum Gasteiger partial charge on any atom is -0.321 e. The number of benzene rings is 2. The molecule has 0 saturated carbocycles. The Morgan fingerprint density at radius 2 is 1.61 bits per heavy atom. The number of hydrogen-bond acceptors (Lipinski definition) is 4. The van der Waals surface area contributed by atoms with Crippen LogP contribution in [0.4, 0.5) is 36.4 Å². The summed E-state index contributed by atoms with van der Waals surface area (Å²) in [4.78, 5) is 24.2. The second kappa shape index (κ2) is 9.87. The normalized spacial score (nSPS) is 13.1. The van der Waals surface area contributed by atoms with E-state index in [1.165, 1.54) is 24.4 Å². The Morgan fingerprint density at radius 3 is 2.22 bits per heavy atom. The fraction of sp³-hybridized carbons (Fsp3) is 0.190. The van der Waals surface area contributed by atoms with E-state index in [1.807, 2.05) is 0 Å². The number of alkyl halides is 7. The molecule has 1 aromatic heterocycles. The van der Waals surface area contributed by atoms with Crippen LogP contribution in [0.2, 0.25) is 10.0 Å². The quantitative estimate of drug-likeness (QED) is 0.187. The third kappa shape index (κ3) is 5.13. The third-order valence-electron chi connectivity index (χ3n) is 4.71. The van der Waals surface area contributed by atoms with Gasteiger partial charge in [-0.05, 0) is 36.8 Å². The minimum atomic E-state index is -6.65. The van der Waals surface area contributed by atoms with Crippen molar-refractivity contribution >= 4 is 67.8 Å². The average molecular weight is 574 g/mol. The summed E-state index contributed by atoms with van der Waals surface area (Å²) in [6.45, 7) is 1.37. The largest absolute Gasteiger partial charge is 0.460 e. The van der Waals surface area contributed by atoms with Gasteiger partial charge in [0.1, 0.15) is 4.88 Å². The van der Waals surface area contributed by atoms with Crippen LogP contribution in [-0.4, -0.2) is 35.5 Å². The molecule has 0 spiro atoms. The number of amides is 2. The number of fused-ring (bicyclic) bond motifs is 1. The number of carbonyl (C=O) groups excluding carboxylic acids is 2. The zero-order valence-corrected chi connectivity index (χ0v) is 19.9. The molecule has 15 heteroatoms. The van der Waals surface area contributed by atoms with E-state index in [-0.39, 0.29) is 21.2 Å². The molecule has 36 heavy (non-hydrogen) atoms. The van der Waals surface area contributed by atoms with Gasteiger partial charge in [-0.2, -0.15) is 35.8 Å². The number of nitrogens with one attached hydrogen (secondary N) is 2. The zero-order chi connectivity index (χ0) is 27.1. The molecule has 0 aliphatic carbocycles. The molecule has 0 saturated heterocycles. The molecule has 3 rings (SSSR count). The summed E-state index contributed by atoms with van der Waals surface area (Å²) in [5.74, 6) is -16.2. The topological polar surface area (TPSA) is 70.6 Å². The Kier molecular flexibility index (Phi) is 7.59. The molecule has 0 unspecified atom stereocenters. The molecule has 0 atom stereocenters. The first-order valence-electron chi connectivity index (χ1n) is 9.53. The number of hydrogen-bond donors (Lipinski definition) is 2. The Bertz CT molecular complexity index is 1370. The highest BCUT2D eigenvalue weighted by atomic mass is 35.5. The van der Waals surface area contributed by atoms with Gasteiger partial charge in [0.05, 0.1) is 15.8 Å². The SMILES string of the molecule is C/C(=N/NC(=O)c1sc2cccc(Cl)c2c1Cl)c1cccc(NC(=O)C(F)(F)C(F)(F)C(F)(F)F)c1. The van der Waals surface area contributed by atoms with Gasteiger partial charge >= 0.3 is 23.9 Å². The predicted octanol–water partition coefficient (Wildman–Crippen LogP) is 7.13. The first-order chi connectivity index (χ1) is 16.6. The number of hydrazone groups is 1. The van der Waals surface area contributed by atoms with Crippen LogP contribution < -0.4 is 10.7 Å². The molecule has 2 aromatic carbocycles. The smallest absolute Gasteiger partial charge is 0.321 e. The third-order valence-corrected chi connectivity index (χ3v) is 6.67. The van der Waals surface area contributed by atoms with Gasteiger partial charge in [-0.1, -0.05) is 41.4 Å².